The van der Waals surface area contributed by atoms with E-state index in [4.69, 9.17) is 0 Å². The molecule has 1 aliphatic rings. The summed E-state index contributed by atoms with van der Waals surface area (Å²) in [5.74, 6) is -0.892. The van der Waals surface area contributed by atoms with Gasteiger partial charge < -0.3 is 0 Å². The standard InChI is InChI=1S/C19H16FNO2S/c1-3-24-17-16(13-10-8-12(2)9-11-13)18(22)21(19(17)23)15-7-5-4-6-14(15)20/h4-11H,3H2,1-2H3. The summed E-state index contributed by atoms with van der Waals surface area (Å²) in [6, 6.07) is 13.2. The zero-order valence-electron chi connectivity index (χ0n) is 13.4. The van der Waals surface area contributed by atoms with Gasteiger partial charge in [0.15, 0.2) is 0 Å². The van der Waals surface area contributed by atoms with Crippen molar-refractivity contribution in [2.24, 2.45) is 0 Å². The third-order valence-corrected chi connectivity index (χ3v) is 4.72. The number of nitrogens with zero attached hydrogens (tertiary/aromatic N) is 1. The number of imide groups is 1. The molecule has 3 rings (SSSR count). The molecule has 0 radical (unpaired) electrons. The lowest BCUT2D eigenvalue weighted by molar-refractivity contribution is -0.119. The fourth-order valence-corrected chi connectivity index (χ4v) is 3.47. The first-order chi connectivity index (χ1) is 11.5. The van der Waals surface area contributed by atoms with Crippen molar-refractivity contribution in [3.8, 4) is 0 Å². The van der Waals surface area contributed by atoms with Crippen molar-refractivity contribution in [1.29, 1.82) is 0 Å². The van der Waals surface area contributed by atoms with E-state index in [1.165, 1.54) is 30.0 Å². The first-order valence-corrected chi connectivity index (χ1v) is 8.60. The van der Waals surface area contributed by atoms with Crippen molar-refractivity contribution < 1.29 is 14.0 Å². The quantitative estimate of drug-likeness (QED) is 0.783. The molecule has 24 heavy (non-hydrogen) atoms. The van der Waals surface area contributed by atoms with Crippen molar-refractivity contribution in [2.45, 2.75) is 13.8 Å². The molecule has 5 heteroatoms. The molecule has 0 fully saturated rings. The zero-order chi connectivity index (χ0) is 17.3. The number of rotatable bonds is 4. The second-order valence-corrected chi connectivity index (χ2v) is 6.67. The van der Waals surface area contributed by atoms with E-state index >= 15 is 0 Å². The molecule has 3 nitrogen and oxygen atoms in total. The molecule has 2 amide bonds. The number of para-hydroxylation sites is 1. The van der Waals surface area contributed by atoms with Crippen LogP contribution in [0.4, 0.5) is 10.1 Å². The lowest BCUT2D eigenvalue weighted by atomic mass is 10.0. The van der Waals surface area contributed by atoms with Gasteiger partial charge in [0.1, 0.15) is 5.82 Å². The SMILES string of the molecule is CCSC1=C(c2ccc(C)cc2)C(=O)N(c2ccccc2F)C1=O. The monoisotopic (exact) mass is 341 g/mol. The van der Waals surface area contributed by atoms with Gasteiger partial charge in [-0.25, -0.2) is 9.29 Å². The molecule has 2 aromatic carbocycles. The molecule has 0 saturated heterocycles. The number of halogens is 1. The summed E-state index contributed by atoms with van der Waals surface area (Å²) in [7, 11) is 0. The Hall–Kier alpha value is -2.40. The van der Waals surface area contributed by atoms with Crippen LogP contribution in [-0.2, 0) is 9.59 Å². The van der Waals surface area contributed by atoms with E-state index in [0.717, 1.165) is 10.5 Å². The van der Waals surface area contributed by atoms with Gasteiger partial charge in [-0.3, -0.25) is 9.59 Å². The maximum Gasteiger partial charge on any atom is 0.272 e. The van der Waals surface area contributed by atoms with Gasteiger partial charge in [0.2, 0.25) is 0 Å². The van der Waals surface area contributed by atoms with E-state index in [1.54, 1.807) is 6.07 Å². The van der Waals surface area contributed by atoms with E-state index < -0.39 is 17.6 Å². The summed E-state index contributed by atoms with van der Waals surface area (Å²) in [5, 5.41) is 0. The van der Waals surface area contributed by atoms with Crippen LogP contribution in [0, 0.1) is 12.7 Å². The topological polar surface area (TPSA) is 37.4 Å². The Kier molecular flexibility index (Phi) is 4.53. The van der Waals surface area contributed by atoms with Crippen LogP contribution >= 0.6 is 11.8 Å². The summed E-state index contributed by atoms with van der Waals surface area (Å²) < 4.78 is 14.1. The lowest BCUT2D eigenvalue weighted by Crippen LogP contribution is -2.32. The maximum absolute atomic E-state index is 14.1. The Labute approximate surface area is 144 Å². The number of hydrogen-bond acceptors (Lipinski definition) is 3. The zero-order valence-corrected chi connectivity index (χ0v) is 14.2. The van der Waals surface area contributed by atoms with Crippen LogP contribution in [0.15, 0.2) is 53.4 Å². The highest BCUT2D eigenvalue weighted by molar-refractivity contribution is 8.04. The summed E-state index contributed by atoms with van der Waals surface area (Å²) in [6.07, 6.45) is 0. The van der Waals surface area contributed by atoms with E-state index in [9.17, 15) is 14.0 Å². The Bertz CT molecular complexity index is 843. The van der Waals surface area contributed by atoms with Crippen molar-refractivity contribution in [2.75, 3.05) is 10.7 Å². The molecule has 0 bridgehead atoms. The molecule has 0 spiro atoms. The van der Waals surface area contributed by atoms with E-state index in [-0.39, 0.29) is 5.69 Å². The highest BCUT2D eigenvalue weighted by Gasteiger charge is 2.40. The normalized spacial score (nSPS) is 14.7. The molecule has 0 unspecified atom stereocenters. The maximum atomic E-state index is 14.1. The molecule has 122 valence electrons. The predicted molar refractivity (Wildman–Crippen MR) is 95.1 cm³/mol. The number of thioether (sulfide) groups is 1. The van der Waals surface area contributed by atoms with Gasteiger partial charge in [-0.1, -0.05) is 48.9 Å². The number of aryl methyl sites for hydroxylation is 1. The lowest BCUT2D eigenvalue weighted by Gasteiger charge is -2.15. The van der Waals surface area contributed by atoms with Crippen molar-refractivity contribution in [3.05, 3.63) is 70.4 Å². The number of carbonyl (C=O) groups excluding carboxylic acids is 2. The Morgan fingerprint density at radius 3 is 2.29 bits per heavy atom. The molecule has 0 atom stereocenters. The molecule has 0 saturated carbocycles. The van der Waals surface area contributed by atoms with Crippen LogP contribution in [0.25, 0.3) is 5.57 Å². The number of hydrogen-bond donors (Lipinski definition) is 0. The van der Waals surface area contributed by atoms with Gasteiger partial charge in [-0.2, -0.15) is 0 Å². The molecule has 1 aliphatic heterocycles. The van der Waals surface area contributed by atoms with Gasteiger partial charge in [0, 0.05) is 0 Å². The summed E-state index contributed by atoms with van der Waals surface area (Å²) in [6.45, 7) is 3.86. The van der Waals surface area contributed by atoms with Gasteiger partial charge in [-0.05, 0) is 30.4 Å². The minimum atomic E-state index is -0.592. The Balaban J connectivity index is 2.12. The average molecular weight is 341 g/mol. The average Bonchev–Trinajstić information content (AvgIpc) is 2.81. The Morgan fingerprint density at radius 1 is 1.00 bits per heavy atom. The summed E-state index contributed by atoms with van der Waals surface area (Å²) >= 11 is 1.31. The molecule has 0 N–H and O–H groups in total. The van der Waals surface area contributed by atoms with Crippen molar-refractivity contribution in [3.63, 3.8) is 0 Å². The Morgan fingerprint density at radius 2 is 1.67 bits per heavy atom. The van der Waals surface area contributed by atoms with E-state index in [0.29, 0.717) is 21.8 Å². The number of carbonyl (C=O) groups is 2. The molecular weight excluding hydrogens is 325 g/mol. The van der Waals surface area contributed by atoms with Crippen LogP contribution in [0.3, 0.4) is 0 Å². The van der Waals surface area contributed by atoms with Crippen LogP contribution < -0.4 is 4.90 Å². The van der Waals surface area contributed by atoms with Crippen LogP contribution in [0.2, 0.25) is 0 Å². The third-order valence-electron chi connectivity index (χ3n) is 3.76. The first kappa shape index (κ1) is 16.5. The smallest absolute Gasteiger partial charge is 0.268 e. The summed E-state index contributed by atoms with van der Waals surface area (Å²) in [4.78, 5) is 27.0. The third kappa shape index (κ3) is 2.76. The molecule has 2 aromatic rings. The second-order valence-electron chi connectivity index (χ2n) is 5.40. The second kappa shape index (κ2) is 6.61. The highest BCUT2D eigenvalue weighted by Crippen LogP contribution is 2.38. The molecule has 0 aromatic heterocycles. The van der Waals surface area contributed by atoms with Gasteiger partial charge in [0.25, 0.3) is 11.8 Å². The summed E-state index contributed by atoms with van der Waals surface area (Å²) in [5.41, 5.74) is 2.07. The van der Waals surface area contributed by atoms with E-state index in [2.05, 4.69) is 0 Å². The predicted octanol–water partition coefficient (Wildman–Crippen LogP) is 4.17. The van der Waals surface area contributed by atoms with Gasteiger partial charge in [0.05, 0.1) is 16.2 Å². The first-order valence-electron chi connectivity index (χ1n) is 7.62. The number of anilines is 1. The van der Waals surface area contributed by atoms with Crippen LogP contribution in [0.5, 0.6) is 0 Å². The molecule has 1 heterocycles. The van der Waals surface area contributed by atoms with Crippen LogP contribution in [0.1, 0.15) is 18.1 Å². The van der Waals surface area contributed by atoms with Gasteiger partial charge in [-0.15, -0.1) is 11.8 Å². The van der Waals surface area contributed by atoms with Crippen molar-refractivity contribution >= 4 is 34.8 Å². The highest BCUT2D eigenvalue weighted by atomic mass is 32.2. The number of amides is 2. The van der Waals surface area contributed by atoms with E-state index in [1.807, 2.05) is 38.1 Å². The fraction of sp³-hybridized carbons (Fsp3) is 0.158. The molecular formula is C19H16FNO2S. The van der Waals surface area contributed by atoms with Crippen molar-refractivity contribution in [1.82, 2.24) is 0 Å². The fourth-order valence-electron chi connectivity index (χ4n) is 2.61. The minimum Gasteiger partial charge on any atom is -0.268 e. The number of benzene rings is 2. The minimum absolute atomic E-state index is 0.0104. The largest absolute Gasteiger partial charge is 0.272 e. The van der Waals surface area contributed by atoms with Gasteiger partial charge >= 0.3 is 0 Å². The van der Waals surface area contributed by atoms with Crippen LogP contribution in [-0.4, -0.2) is 17.6 Å². The molecule has 0 aliphatic carbocycles.